The van der Waals surface area contributed by atoms with Crippen LogP contribution in [0, 0.1) is 11.8 Å². The number of aliphatic hydroxyl groups is 1. The molecule has 0 aromatic carbocycles. The van der Waals surface area contributed by atoms with E-state index >= 15 is 0 Å². The third-order valence-electron chi connectivity index (χ3n) is 19.6. The highest BCUT2D eigenvalue weighted by Gasteiger charge is 2.30. The van der Waals surface area contributed by atoms with Crippen molar-refractivity contribution >= 4 is 39.5 Å². The number of hydrogen-bond donors (Lipinski definition) is 3. The van der Waals surface area contributed by atoms with Crippen molar-refractivity contribution in [3.63, 3.8) is 0 Å². The van der Waals surface area contributed by atoms with Gasteiger partial charge >= 0.3 is 39.5 Å². The molecule has 0 spiro atoms. The summed E-state index contributed by atoms with van der Waals surface area (Å²) in [6, 6.07) is 0. The number of carbonyl (C=O) groups is 4. The Labute approximate surface area is 619 Å². The van der Waals surface area contributed by atoms with Crippen LogP contribution in [-0.2, 0) is 65.4 Å². The standard InChI is InChI=1S/C82H160O17P2/c1-7-10-12-14-16-18-20-22-23-24-25-29-35-41-47-53-59-65-80(85)93-71-77(98-81(86)66-60-54-48-42-36-30-27-26-28-33-39-45-51-57-63-75(6)9-3)72-96-100(88,89)94-68-76(83)69-95-101(90,91)97-73-78(70-92-79(84)64-58-52-46-40-34-21-19-17-15-13-11-8-2)99-82(87)67-61-55-49-43-37-31-32-38-44-50-56-62-74(4)5/h74-78,83H,7-73H2,1-6H3,(H,88,89)(H,90,91)/t75?,76-,77-,78-/m1/s1. The topological polar surface area (TPSA) is 237 Å². The number of ether oxygens (including phenoxy) is 4. The van der Waals surface area contributed by atoms with Crippen LogP contribution in [0.2, 0.25) is 0 Å². The molecule has 0 aliphatic carbocycles. The summed E-state index contributed by atoms with van der Waals surface area (Å²) < 4.78 is 68.8. The van der Waals surface area contributed by atoms with Crippen molar-refractivity contribution in [2.45, 2.75) is 452 Å². The summed E-state index contributed by atoms with van der Waals surface area (Å²) in [7, 11) is -9.92. The van der Waals surface area contributed by atoms with Gasteiger partial charge in [0.25, 0.3) is 0 Å². The van der Waals surface area contributed by atoms with Gasteiger partial charge in [-0.3, -0.25) is 37.3 Å². The Morgan fingerprint density at radius 2 is 0.505 bits per heavy atom. The highest BCUT2D eigenvalue weighted by molar-refractivity contribution is 7.47. The van der Waals surface area contributed by atoms with Gasteiger partial charge in [-0.25, -0.2) is 9.13 Å². The molecule has 17 nitrogen and oxygen atoms in total. The van der Waals surface area contributed by atoms with Gasteiger partial charge in [0.15, 0.2) is 12.2 Å². The van der Waals surface area contributed by atoms with Crippen molar-refractivity contribution < 1.29 is 80.2 Å². The first-order valence-corrected chi connectivity index (χ1v) is 45.5. The summed E-state index contributed by atoms with van der Waals surface area (Å²) in [4.78, 5) is 73.1. The molecule has 0 fully saturated rings. The van der Waals surface area contributed by atoms with Gasteiger partial charge < -0.3 is 33.8 Å². The fraction of sp³-hybridized carbons (Fsp3) is 0.951. The number of unbranched alkanes of at least 4 members (excludes halogenated alkanes) is 50. The lowest BCUT2D eigenvalue weighted by molar-refractivity contribution is -0.161. The van der Waals surface area contributed by atoms with E-state index in [-0.39, 0.29) is 25.7 Å². The number of phosphoric ester groups is 2. The van der Waals surface area contributed by atoms with E-state index in [2.05, 4.69) is 41.5 Å². The first-order chi connectivity index (χ1) is 48.9. The summed E-state index contributed by atoms with van der Waals surface area (Å²) in [5.41, 5.74) is 0. The van der Waals surface area contributed by atoms with Crippen LogP contribution in [-0.4, -0.2) is 96.7 Å². The lowest BCUT2D eigenvalue weighted by atomic mass is 9.99. The number of phosphoric acid groups is 2. The van der Waals surface area contributed by atoms with Gasteiger partial charge in [-0.2, -0.15) is 0 Å². The van der Waals surface area contributed by atoms with Crippen molar-refractivity contribution in [2.75, 3.05) is 39.6 Å². The van der Waals surface area contributed by atoms with E-state index in [1.807, 2.05) is 0 Å². The van der Waals surface area contributed by atoms with Crippen molar-refractivity contribution in [3.8, 4) is 0 Å². The van der Waals surface area contributed by atoms with E-state index in [4.69, 9.17) is 37.0 Å². The number of carbonyl (C=O) groups excluding carboxylic acids is 4. The molecule has 0 saturated carbocycles. The highest BCUT2D eigenvalue weighted by atomic mass is 31.2. The van der Waals surface area contributed by atoms with Crippen molar-refractivity contribution in [1.82, 2.24) is 0 Å². The molecule has 0 saturated heterocycles. The summed E-state index contributed by atoms with van der Waals surface area (Å²) in [5.74, 6) is -0.494. The van der Waals surface area contributed by atoms with Gasteiger partial charge in [-0.05, 0) is 37.5 Å². The third-order valence-corrected chi connectivity index (χ3v) is 21.5. The van der Waals surface area contributed by atoms with E-state index in [1.54, 1.807) is 0 Å². The molecule has 0 heterocycles. The van der Waals surface area contributed by atoms with Crippen LogP contribution in [0.1, 0.15) is 433 Å². The molecule has 0 aromatic rings. The first kappa shape index (κ1) is 99.1. The molecule has 101 heavy (non-hydrogen) atoms. The molecule has 0 aromatic heterocycles. The summed E-state index contributed by atoms with van der Waals surface area (Å²) >= 11 is 0. The summed E-state index contributed by atoms with van der Waals surface area (Å²) in [6.45, 7) is 9.70. The minimum absolute atomic E-state index is 0.107. The molecule has 19 heteroatoms. The largest absolute Gasteiger partial charge is 0.472 e. The summed E-state index contributed by atoms with van der Waals surface area (Å²) in [5, 5.41) is 10.7. The zero-order chi connectivity index (χ0) is 74.2. The zero-order valence-corrected chi connectivity index (χ0v) is 68.0. The van der Waals surface area contributed by atoms with E-state index in [1.165, 1.54) is 250 Å². The SMILES string of the molecule is CCCCCCCCCCCCCCCCCCCC(=O)OC[C@H](COP(=O)(O)OC[C@@H](O)COP(=O)(O)OC[C@@H](COC(=O)CCCCCCCCCCCCCC)OC(=O)CCCCCCCCCCCCCC(C)C)OC(=O)CCCCCCCCCCCCCCCCC(C)CC. The van der Waals surface area contributed by atoms with Crippen LogP contribution in [0.25, 0.3) is 0 Å². The molecule has 0 radical (unpaired) electrons. The molecule has 0 rings (SSSR count). The average Bonchev–Trinajstić information content (AvgIpc) is 1.10. The normalized spacial score (nSPS) is 14.2. The molecule has 0 aliphatic rings. The Hall–Kier alpha value is -1.94. The second kappa shape index (κ2) is 73.6. The molecular formula is C82H160O17P2. The van der Waals surface area contributed by atoms with Gasteiger partial charge in [-0.15, -0.1) is 0 Å². The van der Waals surface area contributed by atoms with Crippen molar-refractivity contribution in [2.24, 2.45) is 11.8 Å². The summed E-state index contributed by atoms with van der Waals surface area (Å²) in [6.07, 6.45) is 63.6. The van der Waals surface area contributed by atoms with Crippen LogP contribution < -0.4 is 0 Å². The van der Waals surface area contributed by atoms with Crippen molar-refractivity contribution in [3.05, 3.63) is 0 Å². The Morgan fingerprint density at radius 3 is 0.752 bits per heavy atom. The molecule has 3 unspecified atom stereocenters. The van der Waals surface area contributed by atoms with Gasteiger partial charge in [0.05, 0.1) is 26.4 Å². The molecular weight excluding hydrogens is 1320 g/mol. The maximum Gasteiger partial charge on any atom is 0.472 e. The van der Waals surface area contributed by atoms with Crippen molar-refractivity contribution in [1.29, 1.82) is 0 Å². The zero-order valence-electron chi connectivity index (χ0n) is 66.2. The fourth-order valence-corrected chi connectivity index (χ4v) is 14.3. The predicted molar refractivity (Wildman–Crippen MR) is 414 cm³/mol. The Kier molecular flexibility index (Phi) is 72.2. The third kappa shape index (κ3) is 74.7. The second-order valence-corrected chi connectivity index (χ2v) is 33.1. The molecule has 6 atom stereocenters. The minimum Gasteiger partial charge on any atom is -0.462 e. The van der Waals surface area contributed by atoms with Gasteiger partial charge in [0, 0.05) is 25.7 Å². The van der Waals surface area contributed by atoms with Crippen LogP contribution in [0.15, 0.2) is 0 Å². The van der Waals surface area contributed by atoms with Crippen LogP contribution >= 0.6 is 15.6 Å². The average molecular weight is 1480 g/mol. The lowest BCUT2D eigenvalue weighted by Gasteiger charge is -2.21. The molecule has 0 amide bonds. The number of aliphatic hydroxyl groups excluding tert-OH is 1. The smallest absolute Gasteiger partial charge is 0.462 e. The van der Waals surface area contributed by atoms with Gasteiger partial charge in [0.2, 0.25) is 0 Å². The van der Waals surface area contributed by atoms with E-state index in [0.717, 1.165) is 102 Å². The van der Waals surface area contributed by atoms with E-state index < -0.39 is 97.5 Å². The monoisotopic (exact) mass is 1480 g/mol. The molecule has 0 aliphatic heterocycles. The quantitative estimate of drug-likeness (QED) is 0.0222. The maximum absolute atomic E-state index is 13.1. The molecule has 600 valence electrons. The van der Waals surface area contributed by atoms with Crippen LogP contribution in [0.3, 0.4) is 0 Å². The van der Waals surface area contributed by atoms with Gasteiger partial charge in [0.1, 0.15) is 19.3 Å². The Bertz CT molecular complexity index is 1940. The van der Waals surface area contributed by atoms with E-state index in [9.17, 15) is 43.2 Å². The van der Waals surface area contributed by atoms with Crippen LogP contribution in [0.4, 0.5) is 0 Å². The lowest BCUT2D eigenvalue weighted by Crippen LogP contribution is -2.30. The molecule has 0 bridgehead atoms. The number of hydrogen-bond acceptors (Lipinski definition) is 15. The first-order valence-electron chi connectivity index (χ1n) is 42.5. The second-order valence-electron chi connectivity index (χ2n) is 30.2. The number of rotatable bonds is 81. The van der Waals surface area contributed by atoms with Crippen LogP contribution in [0.5, 0.6) is 0 Å². The van der Waals surface area contributed by atoms with E-state index in [0.29, 0.717) is 25.7 Å². The highest BCUT2D eigenvalue weighted by Crippen LogP contribution is 2.45. The Balaban J connectivity index is 5.26. The molecule has 3 N–H and O–H groups in total. The minimum atomic E-state index is -4.96. The fourth-order valence-electron chi connectivity index (χ4n) is 12.7. The Morgan fingerprint density at radius 1 is 0.287 bits per heavy atom. The predicted octanol–water partition coefficient (Wildman–Crippen LogP) is 24.7. The maximum atomic E-state index is 13.1. The van der Waals surface area contributed by atoms with Gasteiger partial charge in [-0.1, -0.05) is 382 Å². The number of esters is 4.